The van der Waals surface area contributed by atoms with Crippen molar-refractivity contribution in [2.75, 3.05) is 13.2 Å². The number of carbonyl (C=O) groups is 1. The molecule has 0 bridgehead atoms. The largest absolute Gasteiger partial charge is 0.376 e. The first-order valence-corrected chi connectivity index (χ1v) is 10.1. The van der Waals surface area contributed by atoms with E-state index < -0.39 is 0 Å². The minimum atomic E-state index is -0.206. The molecule has 9 nitrogen and oxygen atoms in total. The molecule has 0 spiro atoms. The lowest BCUT2D eigenvalue weighted by Crippen LogP contribution is -2.32. The minimum Gasteiger partial charge on any atom is -0.376 e. The number of carbonyl (C=O) groups excluding carboxylic acids is 1. The fourth-order valence-electron chi connectivity index (χ4n) is 3.28. The van der Waals surface area contributed by atoms with Gasteiger partial charge in [0.1, 0.15) is 0 Å². The van der Waals surface area contributed by atoms with Crippen LogP contribution in [0.2, 0.25) is 0 Å². The van der Waals surface area contributed by atoms with Crippen LogP contribution in [0.3, 0.4) is 0 Å². The smallest absolute Gasteiger partial charge is 0.258 e. The van der Waals surface area contributed by atoms with Gasteiger partial charge in [-0.05, 0) is 31.9 Å². The third-order valence-electron chi connectivity index (χ3n) is 5.08. The van der Waals surface area contributed by atoms with Crippen molar-refractivity contribution >= 4 is 5.91 Å². The van der Waals surface area contributed by atoms with Crippen LogP contribution in [-0.4, -0.2) is 50.1 Å². The Labute approximate surface area is 174 Å². The van der Waals surface area contributed by atoms with Gasteiger partial charge in [0.05, 0.1) is 23.6 Å². The zero-order chi connectivity index (χ0) is 21.3. The molecule has 9 heteroatoms. The van der Waals surface area contributed by atoms with Gasteiger partial charge in [0.15, 0.2) is 11.6 Å². The van der Waals surface area contributed by atoms with Crippen LogP contribution in [0.15, 0.2) is 29.0 Å². The number of aromatic nitrogens is 5. The lowest BCUT2D eigenvalue weighted by Gasteiger charge is -2.11. The molecule has 30 heavy (non-hydrogen) atoms. The maximum Gasteiger partial charge on any atom is 0.258 e. The molecule has 1 aliphatic rings. The van der Waals surface area contributed by atoms with Crippen molar-refractivity contribution in [3.05, 3.63) is 41.6 Å². The van der Waals surface area contributed by atoms with Crippen molar-refractivity contribution in [2.24, 2.45) is 0 Å². The van der Waals surface area contributed by atoms with E-state index in [0.717, 1.165) is 25.0 Å². The summed E-state index contributed by atoms with van der Waals surface area (Å²) in [4.78, 5) is 21.5. The van der Waals surface area contributed by atoms with Gasteiger partial charge in [0, 0.05) is 30.3 Å². The van der Waals surface area contributed by atoms with E-state index in [1.54, 1.807) is 23.1 Å². The van der Waals surface area contributed by atoms with Crippen molar-refractivity contribution in [3.8, 4) is 17.3 Å². The van der Waals surface area contributed by atoms with Gasteiger partial charge in [-0.25, -0.2) is 9.67 Å². The number of nitrogens with zero attached hydrogens (tertiary/aromatic N) is 5. The Morgan fingerprint density at radius 2 is 2.20 bits per heavy atom. The summed E-state index contributed by atoms with van der Waals surface area (Å²) in [5, 5.41) is 11.4. The number of amides is 1. The molecule has 0 unspecified atom stereocenters. The molecule has 3 aromatic rings. The van der Waals surface area contributed by atoms with Crippen LogP contribution in [0.4, 0.5) is 0 Å². The first-order chi connectivity index (χ1) is 14.3. The first-order valence-electron chi connectivity index (χ1n) is 10.1. The van der Waals surface area contributed by atoms with E-state index >= 15 is 0 Å². The van der Waals surface area contributed by atoms with E-state index in [9.17, 15) is 4.79 Å². The van der Waals surface area contributed by atoms with E-state index in [1.165, 1.54) is 0 Å². The maximum absolute atomic E-state index is 12.6. The van der Waals surface area contributed by atoms with Gasteiger partial charge in [-0.2, -0.15) is 10.1 Å². The van der Waals surface area contributed by atoms with E-state index in [2.05, 4.69) is 25.5 Å². The molecule has 1 N–H and O–H groups in total. The Balaban J connectivity index is 1.54. The van der Waals surface area contributed by atoms with E-state index in [1.807, 2.05) is 33.8 Å². The summed E-state index contributed by atoms with van der Waals surface area (Å²) < 4.78 is 12.6. The number of ether oxygens (including phenoxy) is 1. The van der Waals surface area contributed by atoms with Crippen LogP contribution >= 0.6 is 0 Å². The average Bonchev–Trinajstić information content (AvgIpc) is 3.46. The molecular weight excluding hydrogens is 384 g/mol. The highest BCUT2D eigenvalue weighted by Gasteiger charge is 2.23. The Bertz CT molecular complexity index is 1040. The first kappa shape index (κ1) is 20.2. The molecule has 1 aliphatic heterocycles. The summed E-state index contributed by atoms with van der Waals surface area (Å²) >= 11 is 0. The van der Waals surface area contributed by atoms with Crippen LogP contribution in [0.1, 0.15) is 55.5 Å². The van der Waals surface area contributed by atoms with Gasteiger partial charge in [0.2, 0.25) is 0 Å². The molecule has 3 aromatic heterocycles. The van der Waals surface area contributed by atoms with Crippen LogP contribution in [0.25, 0.3) is 17.3 Å². The Hall–Kier alpha value is -3.07. The summed E-state index contributed by atoms with van der Waals surface area (Å²) in [6.07, 6.45) is 5.32. The molecule has 0 saturated carbocycles. The van der Waals surface area contributed by atoms with Crippen LogP contribution in [0.5, 0.6) is 0 Å². The predicted octanol–water partition coefficient (Wildman–Crippen LogP) is 2.83. The molecule has 1 atom stereocenters. The third kappa shape index (κ3) is 4.11. The lowest BCUT2D eigenvalue weighted by molar-refractivity contribution is 0.0857. The van der Waals surface area contributed by atoms with Crippen molar-refractivity contribution in [1.82, 2.24) is 30.2 Å². The summed E-state index contributed by atoms with van der Waals surface area (Å²) in [5.74, 6) is 1.45. The maximum atomic E-state index is 12.6. The molecule has 1 fully saturated rings. The molecule has 1 amide bonds. The number of rotatable bonds is 5. The van der Waals surface area contributed by atoms with Gasteiger partial charge >= 0.3 is 0 Å². The summed E-state index contributed by atoms with van der Waals surface area (Å²) in [6, 6.07) is 3.62. The highest BCUT2D eigenvalue weighted by Crippen LogP contribution is 2.24. The second kappa shape index (κ2) is 7.98. The van der Waals surface area contributed by atoms with Gasteiger partial charge in [-0.3, -0.25) is 4.79 Å². The number of nitrogens with one attached hydrogen (secondary N) is 1. The van der Waals surface area contributed by atoms with Crippen molar-refractivity contribution in [1.29, 1.82) is 0 Å². The average molecular weight is 410 g/mol. The van der Waals surface area contributed by atoms with E-state index in [4.69, 9.17) is 9.26 Å². The van der Waals surface area contributed by atoms with Crippen LogP contribution < -0.4 is 5.32 Å². The van der Waals surface area contributed by atoms with E-state index in [-0.39, 0.29) is 17.4 Å². The number of hydrogen-bond donors (Lipinski definition) is 1. The van der Waals surface area contributed by atoms with Gasteiger partial charge < -0.3 is 14.6 Å². The second-order valence-corrected chi connectivity index (χ2v) is 8.48. The SMILES string of the molecule is Cc1c(C(=O)NC[C@H]2CCCO2)cnn1-c1cc(-c2nc(C(C)(C)C)no2)ccn1. The lowest BCUT2D eigenvalue weighted by atomic mass is 9.96. The molecule has 158 valence electrons. The van der Waals surface area contributed by atoms with Crippen molar-refractivity contribution in [2.45, 2.75) is 52.1 Å². The van der Waals surface area contributed by atoms with Crippen molar-refractivity contribution < 1.29 is 14.1 Å². The second-order valence-electron chi connectivity index (χ2n) is 8.48. The third-order valence-corrected chi connectivity index (χ3v) is 5.08. The summed E-state index contributed by atoms with van der Waals surface area (Å²) in [5.41, 5.74) is 1.74. The van der Waals surface area contributed by atoms with Crippen molar-refractivity contribution in [3.63, 3.8) is 0 Å². The summed E-state index contributed by atoms with van der Waals surface area (Å²) in [7, 11) is 0. The van der Waals surface area contributed by atoms with Crippen LogP contribution in [-0.2, 0) is 10.2 Å². The topological polar surface area (TPSA) is 108 Å². The molecule has 0 aromatic carbocycles. The number of pyridine rings is 1. The van der Waals surface area contributed by atoms with Gasteiger partial charge in [-0.1, -0.05) is 25.9 Å². The van der Waals surface area contributed by atoms with Crippen LogP contribution in [0, 0.1) is 6.92 Å². The Kier molecular flexibility index (Phi) is 5.38. The van der Waals surface area contributed by atoms with E-state index in [0.29, 0.717) is 35.3 Å². The standard InChI is InChI=1S/C21H26N6O3/c1-13-16(18(28)23-11-15-6-5-9-29-15)12-24-27(13)17-10-14(7-8-22-17)19-25-20(26-30-19)21(2,3)4/h7-8,10,12,15H,5-6,9,11H2,1-4H3,(H,23,28)/t15-/m1/s1. The van der Waals surface area contributed by atoms with Gasteiger partial charge in [-0.15, -0.1) is 0 Å². The Morgan fingerprint density at radius 3 is 2.90 bits per heavy atom. The monoisotopic (exact) mass is 410 g/mol. The highest BCUT2D eigenvalue weighted by atomic mass is 16.5. The molecule has 4 heterocycles. The normalized spacial score (nSPS) is 16.7. The highest BCUT2D eigenvalue weighted by molar-refractivity contribution is 5.95. The zero-order valence-corrected chi connectivity index (χ0v) is 17.7. The fraction of sp³-hybridized carbons (Fsp3) is 0.476. The zero-order valence-electron chi connectivity index (χ0n) is 17.7. The molecule has 1 saturated heterocycles. The summed E-state index contributed by atoms with van der Waals surface area (Å²) in [6.45, 7) is 9.18. The van der Waals surface area contributed by atoms with Gasteiger partial charge in [0.25, 0.3) is 11.8 Å². The Morgan fingerprint density at radius 1 is 1.37 bits per heavy atom. The fourth-order valence-corrected chi connectivity index (χ4v) is 3.28. The molecule has 0 aliphatic carbocycles. The molecule has 0 radical (unpaired) electrons. The molecular formula is C21H26N6O3. The molecule has 4 rings (SSSR count). The number of hydrogen-bond acceptors (Lipinski definition) is 7. The predicted molar refractivity (Wildman–Crippen MR) is 109 cm³/mol. The quantitative estimate of drug-likeness (QED) is 0.689. The minimum absolute atomic E-state index is 0.0926.